The summed E-state index contributed by atoms with van der Waals surface area (Å²) in [5.41, 5.74) is 3.00. The molecule has 0 saturated heterocycles. The van der Waals surface area contributed by atoms with Crippen molar-refractivity contribution in [3.05, 3.63) is 109 Å². The van der Waals surface area contributed by atoms with Crippen LogP contribution < -0.4 is 25.7 Å². The van der Waals surface area contributed by atoms with Crippen LogP contribution in [-0.2, 0) is 13.0 Å². The average molecular weight is 651 g/mol. The van der Waals surface area contributed by atoms with Gasteiger partial charge in [-0.1, -0.05) is 29.3 Å². The van der Waals surface area contributed by atoms with Crippen molar-refractivity contribution in [2.24, 2.45) is 0 Å². The number of benzene rings is 3. The molecule has 0 spiro atoms. The first-order valence-corrected chi connectivity index (χ1v) is 15.0. The van der Waals surface area contributed by atoms with Crippen molar-refractivity contribution in [1.29, 1.82) is 0 Å². The highest BCUT2D eigenvalue weighted by molar-refractivity contribution is 6.42. The summed E-state index contributed by atoms with van der Waals surface area (Å²) in [7, 11) is 4.69. The summed E-state index contributed by atoms with van der Waals surface area (Å²) in [6, 6.07) is 16.4. The Labute approximate surface area is 270 Å². The molecule has 234 valence electrons. The van der Waals surface area contributed by atoms with Crippen LogP contribution in [0.4, 0.5) is 5.95 Å². The molecule has 5 rings (SSSR count). The highest BCUT2D eigenvalue weighted by Crippen LogP contribution is 2.32. The molecule has 2 N–H and O–H groups in total. The first-order chi connectivity index (χ1) is 21.6. The van der Waals surface area contributed by atoms with Gasteiger partial charge >= 0.3 is 0 Å². The van der Waals surface area contributed by atoms with Gasteiger partial charge in [-0.05, 0) is 80.4 Å². The van der Waals surface area contributed by atoms with E-state index in [0.29, 0.717) is 51.0 Å². The van der Waals surface area contributed by atoms with Gasteiger partial charge in [-0.2, -0.15) is 0 Å². The molecule has 0 fully saturated rings. The van der Waals surface area contributed by atoms with Crippen LogP contribution >= 0.6 is 23.2 Å². The van der Waals surface area contributed by atoms with Gasteiger partial charge in [0.1, 0.15) is 0 Å². The minimum atomic E-state index is -0.317. The maximum absolute atomic E-state index is 14.2. The monoisotopic (exact) mass is 649 g/mol. The molecule has 4 aromatic rings. The van der Waals surface area contributed by atoms with Crippen molar-refractivity contribution in [3.63, 3.8) is 0 Å². The number of nitrogens with zero attached hydrogens (tertiary/aromatic N) is 3. The Morgan fingerprint density at radius 1 is 0.956 bits per heavy atom. The Kier molecular flexibility index (Phi) is 9.36. The summed E-state index contributed by atoms with van der Waals surface area (Å²) in [5, 5.41) is 6.64. The van der Waals surface area contributed by atoms with Crippen LogP contribution in [0.15, 0.2) is 65.5 Å². The van der Waals surface area contributed by atoms with Crippen molar-refractivity contribution < 1.29 is 19.1 Å². The maximum atomic E-state index is 14.2. The largest absolute Gasteiger partial charge is 0.493 e. The average Bonchev–Trinajstić information content (AvgIpc) is 3.05. The van der Waals surface area contributed by atoms with Gasteiger partial charge in [0, 0.05) is 29.8 Å². The number of nitrogens with one attached hydrogen (secondary N) is 2. The molecule has 0 bridgehead atoms. The quantitative estimate of drug-likeness (QED) is 0.252. The molecule has 1 aliphatic rings. The number of aromatic nitrogens is 2. The molecular weight excluding hydrogens is 617 g/mol. The lowest BCUT2D eigenvalue weighted by Crippen LogP contribution is -2.46. The van der Waals surface area contributed by atoms with Gasteiger partial charge in [0.15, 0.2) is 11.5 Å². The van der Waals surface area contributed by atoms with Gasteiger partial charge in [0.25, 0.3) is 17.4 Å². The van der Waals surface area contributed by atoms with E-state index in [1.54, 1.807) is 68.6 Å². The van der Waals surface area contributed by atoms with E-state index in [1.165, 1.54) is 4.57 Å². The summed E-state index contributed by atoms with van der Waals surface area (Å²) >= 11 is 12.3. The fourth-order valence-corrected chi connectivity index (χ4v) is 5.67. The number of carbonyl (C=O) groups excluding carboxylic acids is 2. The standard InChI is InChI=1S/C33H33Cl2N5O5/c1-18-14-24-27(17-39(18)31(42)22-8-12-25(34)26(35)15-22)38-33(37-19(2)21-9-13-28(44-4)29(16-21)45-5)40(32(24)43)23-10-6-20(7-11-23)30(41)36-3/h6-13,15-16,18-19H,14,17H2,1-5H3,(H,36,41)(H,37,38)/t18-,19+/m1/s1. The first-order valence-electron chi connectivity index (χ1n) is 14.3. The smallest absolute Gasteiger partial charge is 0.263 e. The van der Waals surface area contributed by atoms with Gasteiger partial charge in [-0.15, -0.1) is 0 Å². The van der Waals surface area contributed by atoms with E-state index in [0.717, 1.165) is 5.56 Å². The number of fused-ring (bicyclic) bond motifs is 1. The van der Waals surface area contributed by atoms with Gasteiger partial charge < -0.3 is 25.0 Å². The van der Waals surface area contributed by atoms with E-state index in [9.17, 15) is 14.4 Å². The Morgan fingerprint density at radius 3 is 2.29 bits per heavy atom. The summed E-state index contributed by atoms with van der Waals surface area (Å²) in [4.78, 5) is 46.6. The topological polar surface area (TPSA) is 115 Å². The Hall–Kier alpha value is -4.54. The molecule has 2 amide bonds. The van der Waals surface area contributed by atoms with Crippen molar-refractivity contribution in [2.75, 3.05) is 26.6 Å². The Morgan fingerprint density at radius 2 is 1.64 bits per heavy atom. The molecule has 0 saturated carbocycles. The SMILES string of the molecule is CNC(=O)c1ccc(-n2c(N[C@@H](C)c3ccc(OC)c(OC)c3)nc3c(c2=O)C[C@@H](C)N(C(=O)c2ccc(Cl)c(Cl)c2)C3)cc1. The molecule has 45 heavy (non-hydrogen) atoms. The van der Waals surface area contributed by atoms with Crippen molar-refractivity contribution in [2.45, 2.75) is 38.9 Å². The normalized spacial score (nSPS) is 14.7. The van der Waals surface area contributed by atoms with E-state index in [2.05, 4.69) is 10.6 Å². The number of carbonyl (C=O) groups is 2. The highest BCUT2D eigenvalue weighted by atomic mass is 35.5. The Bertz CT molecular complexity index is 1830. The predicted molar refractivity (Wildman–Crippen MR) is 174 cm³/mol. The molecule has 2 atom stereocenters. The van der Waals surface area contributed by atoms with Gasteiger partial charge in [-0.3, -0.25) is 14.4 Å². The molecule has 0 aliphatic carbocycles. The lowest BCUT2D eigenvalue weighted by atomic mass is 9.98. The van der Waals surface area contributed by atoms with Crippen LogP contribution in [0.25, 0.3) is 5.69 Å². The van der Waals surface area contributed by atoms with Gasteiger partial charge in [-0.25, -0.2) is 9.55 Å². The van der Waals surface area contributed by atoms with Crippen LogP contribution in [0.2, 0.25) is 10.0 Å². The van der Waals surface area contributed by atoms with E-state index in [1.807, 2.05) is 32.0 Å². The van der Waals surface area contributed by atoms with Crippen LogP contribution in [0.1, 0.15) is 57.4 Å². The third kappa shape index (κ3) is 6.34. The van der Waals surface area contributed by atoms with Crippen LogP contribution in [-0.4, -0.2) is 53.6 Å². The lowest BCUT2D eigenvalue weighted by molar-refractivity contribution is 0.0653. The second-order valence-corrected chi connectivity index (χ2v) is 11.5. The maximum Gasteiger partial charge on any atom is 0.263 e. The third-order valence-electron chi connectivity index (χ3n) is 7.91. The molecule has 1 aliphatic heterocycles. The first kappa shape index (κ1) is 31.9. The highest BCUT2D eigenvalue weighted by Gasteiger charge is 2.32. The van der Waals surface area contributed by atoms with Gasteiger partial charge in [0.2, 0.25) is 5.95 Å². The number of hydrogen-bond acceptors (Lipinski definition) is 7. The summed E-state index contributed by atoms with van der Waals surface area (Å²) < 4.78 is 12.4. The molecular formula is C33H33Cl2N5O5. The molecule has 1 aromatic heterocycles. The van der Waals surface area contributed by atoms with E-state index >= 15 is 0 Å². The number of halogens is 2. The Balaban J connectivity index is 1.58. The molecule has 3 aromatic carbocycles. The van der Waals surface area contributed by atoms with Crippen molar-refractivity contribution in [1.82, 2.24) is 19.8 Å². The van der Waals surface area contributed by atoms with Crippen molar-refractivity contribution >= 4 is 41.0 Å². The van der Waals surface area contributed by atoms with Crippen LogP contribution in [0.3, 0.4) is 0 Å². The zero-order chi connectivity index (χ0) is 32.4. The zero-order valence-corrected chi connectivity index (χ0v) is 27.0. The van der Waals surface area contributed by atoms with Gasteiger partial charge in [0.05, 0.1) is 48.2 Å². The third-order valence-corrected chi connectivity index (χ3v) is 8.65. The van der Waals surface area contributed by atoms with Crippen LogP contribution in [0.5, 0.6) is 11.5 Å². The fraction of sp³-hybridized carbons (Fsp3) is 0.273. The van der Waals surface area contributed by atoms with Crippen LogP contribution in [0, 0.1) is 0 Å². The number of hydrogen-bond donors (Lipinski definition) is 2. The minimum Gasteiger partial charge on any atom is -0.493 e. The van der Waals surface area contributed by atoms with Crippen molar-refractivity contribution in [3.8, 4) is 17.2 Å². The summed E-state index contributed by atoms with van der Waals surface area (Å²) in [6.45, 7) is 3.96. The lowest BCUT2D eigenvalue weighted by Gasteiger charge is -2.35. The van der Waals surface area contributed by atoms with E-state index in [4.69, 9.17) is 37.7 Å². The molecule has 12 heteroatoms. The predicted octanol–water partition coefficient (Wildman–Crippen LogP) is 5.68. The number of anilines is 1. The second kappa shape index (κ2) is 13.2. The summed E-state index contributed by atoms with van der Waals surface area (Å²) in [5.74, 6) is 0.961. The number of ether oxygens (including phenoxy) is 2. The van der Waals surface area contributed by atoms with E-state index < -0.39 is 0 Å². The molecule has 2 heterocycles. The fourth-order valence-electron chi connectivity index (χ4n) is 5.37. The molecule has 10 nitrogen and oxygen atoms in total. The second-order valence-electron chi connectivity index (χ2n) is 10.7. The molecule has 0 unspecified atom stereocenters. The zero-order valence-electron chi connectivity index (χ0n) is 25.5. The molecule has 0 radical (unpaired) electrons. The van der Waals surface area contributed by atoms with E-state index in [-0.39, 0.29) is 47.0 Å². The number of methoxy groups -OCH3 is 2. The summed E-state index contributed by atoms with van der Waals surface area (Å²) in [6.07, 6.45) is 0.302. The number of amides is 2. The minimum absolute atomic E-state index is 0.126. The number of rotatable bonds is 8.